The molecule has 0 aliphatic carbocycles. The summed E-state index contributed by atoms with van der Waals surface area (Å²) in [6.45, 7) is 1.83. The molecule has 0 aromatic heterocycles. The van der Waals surface area contributed by atoms with Gasteiger partial charge in [0, 0.05) is 0 Å². The summed E-state index contributed by atoms with van der Waals surface area (Å²) in [5.41, 5.74) is 1.14. The Labute approximate surface area is 84.2 Å². The predicted molar refractivity (Wildman–Crippen MR) is 50.2 cm³/mol. The van der Waals surface area contributed by atoms with Crippen LogP contribution in [0, 0.1) is 6.92 Å². The Kier molecular flexibility index (Phi) is 3.16. The molecule has 0 saturated carbocycles. The first kappa shape index (κ1) is 11.0. The smallest absolute Gasteiger partial charge is 0.232 e. The van der Waals surface area contributed by atoms with Crippen molar-refractivity contribution in [2.24, 2.45) is 4.99 Å². The summed E-state index contributed by atoms with van der Waals surface area (Å²) >= 11 is 4.96. The van der Waals surface area contributed by atoms with E-state index in [1.807, 2.05) is 6.92 Å². The quantitative estimate of drug-likeness (QED) is 0.639. The standard InChI is InChI=1S/C9H7ClF3N/c1-6-2-4-7(5-3-6)14-8(10)9(11,12)13/h2-5H,1H3/b14-8-. The van der Waals surface area contributed by atoms with Crippen LogP contribution in [0.3, 0.4) is 0 Å². The van der Waals surface area contributed by atoms with Crippen LogP contribution in [-0.2, 0) is 0 Å². The van der Waals surface area contributed by atoms with Gasteiger partial charge in [-0.3, -0.25) is 0 Å². The summed E-state index contributed by atoms with van der Waals surface area (Å²) in [6, 6.07) is 6.28. The summed E-state index contributed by atoms with van der Waals surface area (Å²) in [5.74, 6) is 0. The van der Waals surface area contributed by atoms with Crippen LogP contribution in [0.2, 0.25) is 0 Å². The highest BCUT2D eigenvalue weighted by molar-refractivity contribution is 6.67. The van der Waals surface area contributed by atoms with E-state index in [1.54, 1.807) is 12.1 Å². The monoisotopic (exact) mass is 221 g/mol. The molecule has 0 saturated heterocycles. The van der Waals surface area contributed by atoms with Gasteiger partial charge in [-0.05, 0) is 19.1 Å². The molecule has 5 heteroatoms. The number of hydrogen-bond acceptors (Lipinski definition) is 1. The van der Waals surface area contributed by atoms with Crippen LogP contribution >= 0.6 is 11.6 Å². The van der Waals surface area contributed by atoms with E-state index in [1.165, 1.54) is 12.1 Å². The Morgan fingerprint density at radius 2 is 1.71 bits per heavy atom. The Balaban J connectivity index is 2.93. The molecule has 0 atom stereocenters. The summed E-state index contributed by atoms with van der Waals surface area (Å²) in [5, 5.41) is -1.36. The molecular formula is C9H7ClF3N. The summed E-state index contributed by atoms with van der Waals surface area (Å²) in [4.78, 5) is 3.23. The third-order valence-corrected chi connectivity index (χ3v) is 1.79. The molecule has 1 rings (SSSR count). The lowest BCUT2D eigenvalue weighted by atomic mass is 10.2. The zero-order valence-corrected chi connectivity index (χ0v) is 8.02. The maximum absolute atomic E-state index is 12.0. The van der Waals surface area contributed by atoms with Crippen LogP contribution in [0.1, 0.15) is 5.56 Å². The van der Waals surface area contributed by atoms with E-state index < -0.39 is 11.3 Å². The number of aliphatic imine (C=N–C) groups is 1. The van der Waals surface area contributed by atoms with Crippen molar-refractivity contribution in [2.45, 2.75) is 13.1 Å². The number of nitrogens with zero attached hydrogens (tertiary/aromatic N) is 1. The normalized spacial score (nSPS) is 13.1. The fraction of sp³-hybridized carbons (Fsp3) is 0.222. The fourth-order valence-electron chi connectivity index (χ4n) is 0.796. The van der Waals surface area contributed by atoms with Crippen molar-refractivity contribution in [1.29, 1.82) is 0 Å². The van der Waals surface area contributed by atoms with E-state index in [-0.39, 0.29) is 5.69 Å². The van der Waals surface area contributed by atoms with Gasteiger partial charge in [0.1, 0.15) is 0 Å². The van der Waals surface area contributed by atoms with Crippen LogP contribution in [0.25, 0.3) is 0 Å². The average Bonchev–Trinajstić information content (AvgIpc) is 2.07. The van der Waals surface area contributed by atoms with Crippen molar-refractivity contribution < 1.29 is 13.2 Å². The molecular weight excluding hydrogens is 215 g/mol. The molecule has 0 amide bonds. The van der Waals surface area contributed by atoms with Crippen LogP contribution < -0.4 is 0 Å². The van der Waals surface area contributed by atoms with Crippen molar-refractivity contribution in [2.75, 3.05) is 0 Å². The number of aryl methyl sites for hydroxylation is 1. The van der Waals surface area contributed by atoms with Gasteiger partial charge < -0.3 is 0 Å². The van der Waals surface area contributed by atoms with E-state index in [0.29, 0.717) is 0 Å². The SMILES string of the molecule is Cc1ccc(/N=C(\Cl)C(F)(F)F)cc1. The van der Waals surface area contributed by atoms with Crippen LogP contribution in [0.4, 0.5) is 18.9 Å². The minimum Gasteiger partial charge on any atom is -0.232 e. The van der Waals surface area contributed by atoms with Crippen molar-refractivity contribution in [3.63, 3.8) is 0 Å². The van der Waals surface area contributed by atoms with Gasteiger partial charge in [-0.15, -0.1) is 0 Å². The molecule has 0 aliphatic rings. The second kappa shape index (κ2) is 4.00. The summed E-state index contributed by atoms with van der Waals surface area (Å²) < 4.78 is 35.9. The molecule has 1 aromatic rings. The molecule has 0 bridgehead atoms. The number of benzene rings is 1. The molecule has 0 fully saturated rings. The van der Waals surface area contributed by atoms with Crippen molar-refractivity contribution in [3.05, 3.63) is 29.8 Å². The Morgan fingerprint density at radius 3 is 2.14 bits per heavy atom. The Morgan fingerprint density at radius 1 is 1.21 bits per heavy atom. The molecule has 0 heterocycles. The molecule has 0 radical (unpaired) electrons. The lowest BCUT2D eigenvalue weighted by molar-refractivity contribution is -0.0558. The van der Waals surface area contributed by atoms with Gasteiger partial charge in [0.2, 0.25) is 5.17 Å². The Bertz CT molecular complexity index is 340. The first-order chi connectivity index (χ1) is 6.39. The van der Waals surface area contributed by atoms with E-state index >= 15 is 0 Å². The molecule has 76 valence electrons. The van der Waals surface area contributed by atoms with Crippen LogP contribution in [0.5, 0.6) is 0 Å². The average molecular weight is 222 g/mol. The van der Waals surface area contributed by atoms with E-state index in [9.17, 15) is 13.2 Å². The predicted octanol–water partition coefficient (Wildman–Crippen LogP) is 3.83. The first-order valence-electron chi connectivity index (χ1n) is 3.77. The highest BCUT2D eigenvalue weighted by Gasteiger charge is 2.34. The second-order valence-electron chi connectivity index (χ2n) is 2.74. The summed E-state index contributed by atoms with van der Waals surface area (Å²) in [7, 11) is 0. The van der Waals surface area contributed by atoms with Crippen molar-refractivity contribution in [3.8, 4) is 0 Å². The van der Waals surface area contributed by atoms with Crippen molar-refractivity contribution >= 4 is 22.5 Å². The topological polar surface area (TPSA) is 12.4 Å². The van der Waals surface area contributed by atoms with E-state index in [0.717, 1.165) is 5.56 Å². The third kappa shape index (κ3) is 3.03. The maximum atomic E-state index is 12.0. The minimum atomic E-state index is -4.58. The molecule has 14 heavy (non-hydrogen) atoms. The highest BCUT2D eigenvalue weighted by Crippen LogP contribution is 2.23. The molecule has 0 N–H and O–H groups in total. The summed E-state index contributed by atoms with van der Waals surface area (Å²) in [6.07, 6.45) is -4.58. The van der Waals surface area contributed by atoms with Gasteiger partial charge in [0.05, 0.1) is 5.69 Å². The lowest BCUT2D eigenvalue weighted by Gasteiger charge is -2.02. The highest BCUT2D eigenvalue weighted by atomic mass is 35.5. The molecule has 1 aromatic carbocycles. The lowest BCUT2D eigenvalue weighted by Crippen LogP contribution is -2.16. The van der Waals surface area contributed by atoms with Crippen LogP contribution in [-0.4, -0.2) is 11.3 Å². The number of rotatable bonds is 1. The first-order valence-corrected chi connectivity index (χ1v) is 4.15. The minimum absolute atomic E-state index is 0.193. The van der Waals surface area contributed by atoms with E-state index in [2.05, 4.69) is 4.99 Å². The van der Waals surface area contributed by atoms with Crippen molar-refractivity contribution in [1.82, 2.24) is 0 Å². The molecule has 0 spiro atoms. The van der Waals surface area contributed by atoms with Gasteiger partial charge in [0.25, 0.3) is 0 Å². The Hall–Kier alpha value is -1.03. The van der Waals surface area contributed by atoms with Gasteiger partial charge in [-0.25, -0.2) is 4.99 Å². The number of halogens is 4. The van der Waals surface area contributed by atoms with Gasteiger partial charge in [0.15, 0.2) is 0 Å². The largest absolute Gasteiger partial charge is 0.444 e. The second-order valence-corrected chi connectivity index (χ2v) is 3.09. The third-order valence-electron chi connectivity index (χ3n) is 1.50. The molecule has 0 unspecified atom stereocenters. The number of alkyl halides is 3. The zero-order valence-electron chi connectivity index (χ0n) is 7.27. The molecule has 1 nitrogen and oxygen atoms in total. The van der Waals surface area contributed by atoms with Crippen LogP contribution in [0.15, 0.2) is 29.3 Å². The number of hydrogen-bond donors (Lipinski definition) is 0. The van der Waals surface area contributed by atoms with Gasteiger partial charge >= 0.3 is 6.18 Å². The molecule has 0 aliphatic heterocycles. The van der Waals surface area contributed by atoms with Gasteiger partial charge in [-0.1, -0.05) is 29.3 Å². The fourth-order valence-corrected chi connectivity index (χ4v) is 0.894. The van der Waals surface area contributed by atoms with E-state index in [4.69, 9.17) is 11.6 Å². The maximum Gasteiger partial charge on any atom is 0.444 e. The zero-order chi connectivity index (χ0) is 10.8. The van der Waals surface area contributed by atoms with Gasteiger partial charge in [-0.2, -0.15) is 13.2 Å².